The molecule has 5 rings (SSSR count). The van der Waals surface area contributed by atoms with Crippen LogP contribution >= 0.6 is 0 Å². The van der Waals surface area contributed by atoms with Crippen LogP contribution < -0.4 is 4.74 Å². The van der Waals surface area contributed by atoms with Crippen molar-refractivity contribution in [3.63, 3.8) is 0 Å². The number of aryl methyl sites for hydroxylation is 1. The zero-order valence-electron chi connectivity index (χ0n) is 18.8. The number of carbonyl (C=O) groups excluding carboxylic acids is 1. The Kier molecular flexibility index (Phi) is 5.79. The summed E-state index contributed by atoms with van der Waals surface area (Å²) in [6.45, 7) is 4.57. The van der Waals surface area contributed by atoms with Gasteiger partial charge in [-0.05, 0) is 56.5 Å². The Hall–Kier alpha value is -4.08. The molecule has 3 heterocycles. The third-order valence-electron chi connectivity index (χ3n) is 5.75. The summed E-state index contributed by atoms with van der Waals surface area (Å²) in [6.07, 6.45) is 4.60. The second-order valence-corrected chi connectivity index (χ2v) is 8.00. The number of rotatable bonds is 6. The summed E-state index contributed by atoms with van der Waals surface area (Å²) in [5.74, 6) is -0.0713. The topological polar surface area (TPSA) is 99.2 Å². The number of likely N-dealkylation sites (tertiary alicyclic amines) is 1. The van der Waals surface area contributed by atoms with Gasteiger partial charge in [0, 0.05) is 6.54 Å². The van der Waals surface area contributed by atoms with Crippen LogP contribution in [0.25, 0.3) is 17.1 Å². The van der Waals surface area contributed by atoms with Gasteiger partial charge in [0.15, 0.2) is 11.6 Å². The molecule has 0 radical (unpaired) electrons. The largest absolute Gasteiger partial charge is 0.490 e. The summed E-state index contributed by atoms with van der Waals surface area (Å²) in [6, 6.07) is 9.72. The van der Waals surface area contributed by atoms with Gasteiger partial charge in [0.25, 0.3) is 5.91 Å². The van der Waals surface area contributed by atoms with Gasteiger partial charge in [-0.1, -0.05) is 17.3 Å². The van der Waals surface area contributed by atoms with Gasteiger partial charge in [-0.3, -0.25) is 4.79 Å². The standard InChI is InChI=1S/C24H23FN6O3/c1-3-33-21-17(6-4-7-18(21)25)22-28-23(34-29-22)19-8-5-13-30(19)24(32)16-10-9-15(2)14-20(16)31-26-11-12-27-31/h4,6-7,9-12,14,19H,3,5,8,13H2,1-2H3. The van der Waals surface area contributed by atoms with E-state index in [-0.39, 0.29) is 17.5 Å². The average molecular weight is 462 g/mol. The molecule has 2 aromatic heterocycles. The van der Waals surface area contributed by atoms with Crippen LogP contribution in [-0.2, 0) is 0 Å². The van der Waals surface area contributed by atoms with Gasteiger partial charge in [-0.2, -0.15) is 20.0 Å². The van der Waals surface area contributed by atoms with E-state index in [1.165, 1.54) is 10.9 Å². The fourth-order valence-electron chi connectivity index (χ4n) is 4.21. The molecule has 1 aliphatic rings. The zero-order chi connectivity index (χ0) is 23.7. The van der Waals surface area contributed by atoms with Crippen LogP contribution in [0.15, 0.2) is 53.3 Å². The van der Waals surface area contributed by atoms with Gasteiger partial charge in [-0.15, -0.1) is 0 Å². The van der Waals surface area contributed by atoms with E-state index >= 15 is 0 Å². The van der Waals surface area contributed by atoms with Gasteiger partial charge in [0.2, 0.25) is 11.7 Å². The molecule has 1 aliphatic heterocycles. The first-order valence-electron chi connectivity index (χ1n) is 11.1. The van der Waals surface area contributed by atoms with Gasteiger partial charge in [0.1, 0.15) is 6.04 Å². The highest BCUT2D eigenvalue weighted by molar-refractivity contribution is 5.98. The summed E-state index contributed by atoms with van der Waals surface area (Å²) >= 11 is 0. The highest BCUT2D eigenvalue weighted by Gasteiger charge is 2.36. The number of para-hydroxylation sites is 1. The van der Waals surface area contributed by atoms with Gasteiger partial charge < -0.3 is 14.2 Å². The Labute approximate surface area is 195 Å². The maximum atomic E-state index is 14.3. The fourth-order valence-corrected chi connectivity index (χ4v) is 4.21. The molecule has 10 heteroatoms. The molecule has 1 amide bonds. The van der Waals surface area contributed by atoms with Crippen molar-refractivity contribution in [2.45, 2.75) is 32.7 Å². The molecule has 0 spiro atoms. The molecular formula is C24H23FN6O3. The summed E-state index contributed by atoms with van der Waals surface area (Å²) in [7, 11) is 0. The van der Waals surface area contributed by atoms with Crippen molar-refractivity contribution in [1.82, 2.24) is 30.0 Å². The molecule has 174 valence electrons. The fraction of sp³-hybridized carbons (Fsp3) is 0.292. The SMILES string of the molecule is CCOc1c(F)cccc1-c1noc(C2CCCN2C(=O)c2ccc(C)cc2-n2nccn2)n1. The molecule has 0 aliphatic carbocycles. The van der Waals surface area contributed by atoms with Crippen molar-refractivity contribution >= 4 is 5.91 Å². The molecule has 2 aromatic carbocycles. The predicted octanol–water partition coefficient (Wildman–Crippen LogP) is 4.14. The Morgan fingerprint density at radius 1 is 1.24 bits per heavy atom. The molecular weight excluding hydrogens is 439 g/mol. The van der Waals surface area contributed by atoms with Crippen molar-refractivity contribution < 1.29 is 18.4 Å². The van der Waals surface area contributed by atoms with Crippen LogP contribution in [0.4, 0.5) is 4.39 Å². The van der Waals surface area contributed by atoms with Crippen LogP contribution in [0.5, 0.6) is 5.75 Å². The minimum atomic E-state index is -0.498. The van der Waals surface area contributed by atoms with Crippen LogP contribution in [0.3, 0.4) is 0 Å². The minimum Gasteiger partial charge on any atom is -0.490 e. The Morgan fingerprint density at radius 2 is 2.06 bits per heavy atom. The Bertz CT molecular complexity index is 1320. The maximum absolute atomic E-state index is 14.3. The second kappa shape index (κ2) is 9.05. The number of halogens is 1. The lowest BCUT2D eigenvalue weighted by Crippen LogP contribution is -2.31. The van der Waals surface area contributed by atoms with E-state index in [0.717, 1.165) is 12.0 Å². The number of nitrogens with zero attached hydrogens (tertiary/aromatic N) is 6. The molecule has 0 bridgehead atoms. The second-order valence-electron chi connectivity index (χ2n) is 8.00. The van der Waals surface area contributed by atoms with Gasteiger partial charge in [0.05, 0.1) is 35.8 Å². The number of benzene rings is 2. The van der Waals surface area contributed by atoms with Crippen molar-refractivity contribution in [1.29, 1.82) is 0 Å². The first-order chi connectivity index (χ1) is 16.6. The summed E-state index contributed by atoms with van der Waals surface area (Å²) in [4.78, 5) is 21.3. The van der Waals surface area contributed by atoms with Crippen LogP contribution in [-0.4, -0.2) is 49.1 Å². The average Bonchev–Trinajstić information content (AvgIpc) is 3.61. The Morgan fingerprint density at radius 3 is 2.85 bits per heavy atom. The predicted molar refractivity (Wildman–Crippen MR) is 120 cm³/mol. The third kappa shape index (κ3) is 3.91. The van der Waals surface area contributed by atoms with Crippen LogP contribution in [0, 0.1) is 12.7 Å². The number of carbonyl (C=O) groups is 1. The van der Waals surface area contributed by atoms with Crippen molar-refractivity contribution in [2.24, 2.45) is 0 Å². The zero-order valence-corrected chi connectivity index (χ0v) is 18.8. The van der Waals surface area contributed by atoms with E-state index in [1.54, 1.807) is 42.4 Å². The van der Waals surface area contributed by atoms with E-state index in [1.807, 2.05) is 19.1 Å². The van der Waals surface area contributed by atoms with E-state index in [4.69, 9.17) is 9.26 Å². The van der Waals surface area contributed by atoms with E-state index in [0.29, 0.717) is 42.3 Å². The normalized spacial score (nSPS) is 15.6. The molecule has 1 fully saturated rings. The maximum Gasteiger partial charge on any atom is 0.256 e. The smallest absolute Gasteiger partial charge is 0.256 e. The number of ether oxygens (including phenoxy) is 1. The molecule has 9 nitrogen and oxygen atoms in total. The molecule has 1 atom stereocenters. The van der Waals surface area contributed by atoms with Gasteiger partial charge >= 0.3 is 0 Å². The molecule has 1 unspecified atom stereocenters. The van der Waals surface area contributed by atoms with Crippen molar-refractivity contribution in [3.8, 4) is 22.8 Å². The summed E-state index contributed by atoms with van der Waals surface area (Å²) < 4.78 is 25.3. The first kappa shape index (κ1) is 21.7. The minimum absolute atomic E-state index is 0.0766. The number of amides is 1. The molecule has 0 saturated carbocycles. The van der Waals surface area contributed by atoms with Gasteiger partial charge in [-0.25, -0.2) is 4.39 Å². The van der Waals surface area contributed by atoms with E-state index < -0.39 is 11.9 Å². The molecule has 1 saturated heterocycles. The number of hydrogen-bond donors (Lipinski definition) is 0. The van der Waals surface area contributed by atoms with E-state index in [9.17, 15) is 9.18 Å². The monoisotopic (exact) mass is 462 g/mol. The quantitative estimate of drug-likeness (QED) is 0.425. The third-order valence-corrected chi connectivity index (χ3v) is 5.75. The lowest BCUT2D eigenvalue weighted by atomic mass is 10.1. The number of aromatic nitrogens is 5. The van der Waals surface area contributed by atoms with Crippen molar-refractivity contribution in [3.05, 3.63) is 71.6 Å². The van der Waals surface area contributed by atoms with Crippen molar-refractivity contribution in [2.75, 3.05) is 13.2 Å². The molecule has 34 heavy (non-hydrogen) atoms. The molecule has 0 N–H and O–H groups in total. The summed E-state index contributed by atoms with van der Waals surface area (Å²) in [5.41, 5.74) is 2.48. The highest BCUT2D eigenvalue weighted by atomic mass is 19.1. The summed E-state index contributed by atoms with van der Waals surface area (Å²) in [5, 5.41) is 12.4. The van der Waals surface area contributed by atoms with Crippen LogP contribution in [0.2, 0.25) is 0 Å². The Balaban J connectivity index is 1.46. The number of hydrogen-bond acceptors (Lipinski definition) is 7. The van der Waals surface area contributed by atoms with Crippen LogP contribution in [0.1, 0.15) is 47.6 Å². The first-order valence-corrected chi connectivity index (χ1v) is 11.1. The lowest BCUT2D eigenvalue weighted by Gasteiger charge is -2.23. The van der Waals surface area contributed by atoms with E-state index in [2.05, 4.69) is 20.3 Å². The lowest BCUT2D eigenvalue weighted by molar-refractivity contribution is 0.0709. The highest BCUT2D eigenvalue weighted by Crippen LogP contribution is 2.36. The molecule has 4 aromatic rings.